The van der Waals surface area contributed by atoms with Crippen LogP contribution in [0.5, 0.6) is 0 Å². The van der Waals surface area contributed by atoms with E-state index in [9.17, 15) is 14.4 Å². The first-order valence-corrected chi connectivity index (χ1v) is 6.67. The van der Waals surface area contributed by atoms with Gasteiger partial charge >= 0.3 is 0 Å². The molecule has 1 aliphatic carbocycles. The quantitative estimate of drug-likeness (QED) is 0.739. The third kappa shape index (κ3) is 2.81. The number of aromatic nitrogens is 4. The van der Waals surface area contributed by atoms with Crippen molar-refractivity contribution < 1.29 is 14.4 Å². The van der Waals surface area contributed by atoms with E-state index in [2.05, 4.69) is 15.5 Å². The van der Waals surface area contributed by atoms with Crippen LogP contribution >= 0.6 is 0 Å². The summed E-state index contributed by atoms with van der Waals surface area (Å²) < 4.78 is 1.49. The summed E-state index contributed by atoms with van der Waals surface area (Å²) in [4.78, 5) is 36.3. The number of hydrogen-bond acceptors (Lipinski definition) is 6. The molecule has 1 aliphatic rings. The number of nitrogens with zero attached hydrogens (tertiary/aromatic N) is 4. The van der Waals surface area contributed by atoms with Gasteiger partial charge in [0.1, 0.15) is 5.92 Å². The summed E-state index contributed by atoms with van der Waals surface area (Å²) in [6.07, 6.45) is 0.436. The molecule has 7 nitrogen and oxygen atoms in total. The number of hydrogen-bond donors (Lipinski definition) is 0. The van der Waals surface area contributed by atoms with Gasteiger partial charge in [0.2, 0.25) is 0 Å². The molecule has 108 valence electrons. The minimum atomic E-state index is -1.13. The summed E-state index contributed by atoms with van der Waals surface area (Å²) in [6.45, 7) is 6.11. The second-order valence-corrected chi connectivity index (χ2v) is 5.94. The van der Waals surface area contributed by atoms with E-state index >= 15 is 0 Å². The maximum atomic E-state index is 12.2. The van der Waals surface area contributed by atoms with Crippen LogP contribution in [-0.2, 0) is 27.3 Å². The lowest BCUT2D eigenvalue weighted by molar-refractivity contribution is -0.145. The van der Waals surface area contributed by atoms with Crippen molar-refractivity contribution >= 4 is 17.3 Å². The van der Waals surface area contributed by atoms with E-state index in [1.54, 1.807) is 0 Å². The molecule has 0 atom stereocenters. The van der Waals surface area contributed by atoms with Crippen molar-refractivity contribution in [1.82, 2.24) is 20.2 Å². The van der Waals surface area contributed by atoms with Gasteiger partial charge in [-0.15, -0.1) is 5.10 Å². The number of ketones is 3. The topological polar surface area (TPSA) is 94.8 Å². The lowest BCUT2D eigenvalue weighted by Gasteiger charge is -2.31. The molecule has 1 aromatic rings. The summed E-state index contributed by atoms with van der Waals surface area (Å²) in [7, 11) is 0. The molecule has 1 aromatic heterocycles. The van der Waals surface area contributed by atoms with Crippen LogP contribution in [0.2, 0.25) is 0 Å². The van der Waals surface area contributed by atoms with Crippen LogP contribution in [0.3, 0.4) is 0 Å². The van der Waals surface area contributed by atoms with Crippen molar-refractivity contribution in [2.45, 2.75) is 46.6 Å². The number of aryl methyl sites for hydroxylation is 1. The average molecular weight is 278 g/mol. The Balaban J connectivity index is 2.13. The Kier molecular flexibility index (Phi) is 3.78. The highest BCUT2D eigenvalue weighted by Gasteiger charge is 2.43. The number of Topliss-reactive ketones (excluding diaryl/α,β-unsaturated/α-hetero) is 3. The van der Waals surface area contributed by atoms with Crippen LogP contribution < -0.4 is 0 Å². The molecule has 0 aromatic carbocycles. The molecule has 1 heterocycles. The molecule has 0 saturated heterocycles. The predicted molar refractivity (Wildman–Crippen MR) is 68.7 cm³/mol. The Bertz CT molecular complexity index is 542. The molecule has 1 fully saturated rings. The zero-order valence-corrected chi connectivity index (χ0v) is 11.9. The van der Waals surface area contributed by atoms with Gasteiger partial charge in [-0.1, -0.05) is 13.8 Å². The van der Waals surface area contributed by atoms with Crippen LogP contribution in [0.1, 0.15) is 39.4 Å². The van der Waals surface area contributed by atoms with Crippen molar-refractivity contribution in [2.75, 3.05) is 0 Å². The fourth-order valence-electron chi connectivity index (χ4n) is 2.60. The number of carbonyl (C=O) groups excluding carboxylic acids is 3. The normalized spacial score (nSPS) is 19.4. The van der Waals surface area contributed by atoms with Crippen molar-refractivity contribution in [3.05, 3.63) is 5.82 Å². The van der Waals surface area contributed by atoms with Gasteiger partial charge in [-0.05, 0) is 22.8 Å². The molecule has 0 radical (unpaired) electrons. The highest BCUT2D eigenvalue weighted by molar-refractivity contribution is 6.21. The zero-order chi connectivity index (χ0) is 14.9. The lowest BCUT2D eigenvalue weighted by atomic mass is 9.70. The molecule has 0 amide bonds. The Morgan fingerprint density at radius 2 is 1.90 bits per heavy atom. The molecular formula is C13H18N4O3. The van der Waals surface area contributed by atoms with E-state index in [-0.39, 0.29) is 36.2 Å². The fourth-order valence-corrected chi connectivity index (χ4v) is 2.60. The van der Waals surface area contributed by atoms with Gasteiger partial charge in [0, 0.05) is 19.4 Å². The minimum absolute atomic E-state index is 0.0799. The van der Waals surface area contributed by atoms with E-state index in [1.165, 1.54) is 4.68 Å². The molecule has 7 heteroatoms. The van der Waals surface area contributed by atoms with Gasteiger partial charge in [-0.2, -0.15) is 0 Å². The van der Waals surface area contributed by atoms with E-state index in [4.69, 9.17) is 0 Å². The second kappa shape index (κ2) is 5.22. The Morgan fingerprint density at radius 3 is 2.45 bits per heavy atom. The van der Waals surface area contributed by atoms with Gasteiger partial charge in [-0.3, -0.25) is 14.4 Å². The molecule has 0 spiro atoms. The van der Waals surface area contributed by atoms with Gasteiger partial charge in [0.05, 0.1) is 6.42 Å². The maximum absolute atomic E-state index is 12.2. The van der Waals surface area contributed by atoms with Gasteiger partial charge in [-0.25, -0.2) is 4.68 Å². The third-order valence-corrected chi connectivity index (χ3v) is 3.51. The largest absolute Gasteiger partial charge is 0.298 e. The second-order valence-electron chi connectivity index (χ2n) is 5.94. The third-order valence-electron chi connectivity index (χ3n) is 3.51. The predicted octanol–water partition coefficient (Wildman–Crippen LogP) is 0.379. The monoisotopic (exact) mass is 278 g/mol. The van der Waals surface area contributed by atoms with Crippen molar-refractivity contribution in [3.8, 4) is 0 Å². The van der Waals surface area contributed by atoms with Crippen molar-refractivity contribution in [3.63, 3.8) is 0 Å². The zero-order valence-electron chi connectivity index (χ0n) is 11.9. The number of tetrazole rings is 1. The highest BCUT2D eigenvalue weighted by Crippen LogP contribution is 2.34. The van der Waals surface area contributed by atoms with Crippen molar-refractivity contribution in [2.24, 2.45) is 11.3 Å². The summed E-state index contributed by atoms with van der Waals surface area (Å²) in [5, 5.41) is 11.0. The van der Waals surface area contributed by atoms with Gasteiger partial charge in [0.15, 0.2) is 23.2 Å². The smallest absolute Gasteiger partial charge is 0.158 e. The van der Waals surface area contributed by atoms with Crippen LogP contribution in [0, 0.1) is 11.3 Å². The summed E-state index contributed by atoms with van der Waals surface area (Å²) in [5.74, 6) is -1.72. The average Bonchev–Trinajstić information content (AvgIpc) is 2.73. The van der Waals surface area contributed by atoms with E-state index in [0.29, 0.717) is 12.4 Å². The fraction of sp³-hybridized carbons (Fsp3) is 0.692. The first kappa shape index (κ1) is 14.5. The molecule has 1 saturated carbocycles. The molecular weight excluding hydrogens is 260 g/mol. The molecule has 20 heavy (non-hydrogen) atoms. The highest BCUT2D eigenvalue weighted by atomic mass is 16.2. The Labute approximate surface area is 116 Å². The molecule has 0 N–H and O–H groups in total. The number of carbonyl (C=O) groups is 3. The van der Waals surface area contributed by atoms with Crippen LogP contribution in [0.4, 0.5) is 0 Å². The molecule has 0 aliphatic heterocycles. The summed E-state index contributed by atoms with van der Waals surface area (Å²) in [6, 6.07) is 0. The summed E-state index contributed by atoms with van der Waals surface area (Å²) >= 11 is 0. The number of rotatable bonds is 4. The Morgan fingerprint density at radius 1 is 1.30 bits per heavy atom. The Hall–Kier alpha value is -1.92. The van der Waals surface area contributed by atoms with Crippen LogP contribution in [0.25, 0.3) is 0 Å². The first-order chi connectivity index (χ1) is 9.34. The van der Waals surface area contributed by atoms with E-state index in [1.807, 2.05) is 20.8 Å². The molecule has 0 bridgehead atoms. The first-order valence-electron chi connectivity index (χ1n) is 6.67. The minimum Gasteiger partial charge on any atom is -0.298 e. The molecule has 2 rings (SSSR count). The van der Waals surface area contributed by atoms with Crippen molar-refractivity contribution in [1.29, 1.82) is 0 Å². The SMILES string of the molecule is CCn1nnnc1CC(=O)C1C(=O)CC(C)(C)CC1=O. The van der Waals surface area contributed by atoms with E-state index in [0.717, 1.165) is 0 Å². The molecule has 0 unspecified atom stereocenters. The van der Waals surface area contributed by atoms with E-state index < -0.39 is 11.7 Å². The van der Waals surface area contributed by atoms with Gasteiger partial charge < -0.3 is 0 Å². The van der Waals surface area contributed by atoms with Crippen LogP contribution in [-0.4, -0.2) is 37.6 Å². The lowest BCUT2D eigenvalue weighted by Crippen LogP contribution is -2.42. The van der Waals surface area contributed by atoms with Crippen LogP contribution in [0.15, 0.2) is 0 Å². The standard InChI is InChI=1S/C13H18N4O3/c1-4-17-11(14-15-16-17)5-8(18)12-9(19)6-13(2,3)7-10(12)20/h12H,4-7H2,1-3H3. The summed E-state index contributed by atoms with van der Waals surface area (Å²) in [5.41, 5.74) is -0.351. The maximum Gasteiger partial charge on any atom is 0.158 e. The van der Waals surface area contributed by atoms with Gasteiger partial charge in [0.25, 0.3) is 0 Å².